The quantitative estimate of drug-likeness (QED) is 0.350. The Morgan fingerprint density at radius 1 is 1.16 bits per heavy atom. The lowest BCUT2D eigenvalue weighted by Gasteiger charge is -2.29. The van der Waals surface area contributed by atoms with Crippen LogP contribution in [0.25, 0.3) is 11.3 Å². The van der Waals surface area contributed by atoms with Crippen LogP contribution in [0.15, 0.2) is 18.2 Å². The Balaban J connectivity index is 1.91. The zero-order valence-electron chi connectivity index (χ0n) is 21.1. The van der Waals surface area contributed by atoms with Gasteiger partial charge in [0.05, 0.1) is 31.6 Å². The molecule has 14 heteroatoms. The average Bonchev–Trinajstić information content (AvgIpc) is 2.88. The molecule has 11 nitrogen and oxygen atoms in total. The molecule has 0 radical (unpaired) electrons. The normalized spacial score (nSPS) is 17.5. The Kier molecular flexibility index (Phi) is 9.69. The average molecular weight is 542 g/mol. The molecule has 208 valence electrons. The van der Waals surface area contributed by atoms with Crippen LogP contribution in [0.3, 0.4) is 0 Å². The summed E-state index contributed by atoms with van der Waals surface area (Å²) in [6.45, 7) is 2.18. The van der Waals surface area contributed by atoms with E-state index in [1.165, 1.54) is 20.3 Å². The second-order valence-corrected chi connectivity index (χ2v) is 8.54. The smallest absolute Gasteiger partial charge is 0.416 e. The highest BCUT2D eigenvalue weighted by Gasteiger charge is 2.33. The summed E-state index contributed by atoms with van der Waals surface area (Å²) in [5.74, 6) is -0.650. The molecule has 1 saturated heterocycles. The monoisotopic (exact) mass is 541 g/mol. The predicted octanol–water partition coefficient (Wildman–Crippen LogP) is 2.97. The van der Waals surface area contributed by atoms with Crippen molar-refractivity contribution in [1.29, 1.82) is 0 Å². The van der Waals surface area contributed by atoms with Crippen molar-refractivity contribution in [3.05, 3.63) is 34.9 Å². The van der Waals surface area contributed by atoms with Crippen molar-refractivity contribution >= 4 is 17.9 Å². The standard InChI is InChI=1S/C24H30F3N5O6/c1-4-38-22(34)17-6-5-16(11-28-17)30-21-13(10-29-23(35)37-3)8-18(31-32-21)20-14(12-36-2)7-15(9-19(20)33)24(25,26)27/h7-9,16-17,28,33H,4-6,10-12H2,1-3H3,(H,29,35)(H,30,32)/t16-,17+/m1/s1. The van der Waals surface area contributed by atoms with Crippen molar-refractivity contribution in [3.63, 3.8) is 0 Å². The van der Waals surface area contributed by atoms with Crippen LogP contribution in [0.2, 0.25) is 0 Å². The highest BCUT2D eigenvalue weighted by atomic mass is 19.4. The lowest BCUT2D eigenvalue weighted by Crippen LogP contribution is -2.49. The number of amides is 1. The molecule has 1 aromatic heterocycles. The number of nitrogens with zero attached hydrogens (tertiary/aromatic N) is 2. The largest absolute Gasteiger partial charge is 0.507 e. The predicted molar refractivity (Wildman–Crippen MR) is 129 cm³/mol. The van der Waals surface area contributed by atoms with Gasteiger partial charge in [-0.15, -0.1) is 10.2 Å². The number of phenolic OH excluding ortho intramolecular Hbond substituents is 1. The number of aromatic nitrogens is 2. The van der Waals surface area contributed by atoms with Crippen LogP contribution >= 0.6 is 0 Å². The van der Waals surface area contributed by atoms with Gasteiger partial charge < -0.3 is 35.3 Å². The summed E-state index contributed by atoms with van der Waals surface area (Å²) in [6, 6.07) is 2.45. The molecule has 2 heterocycles. The van der Waals surface area contributed by atoms with Crippen LogP contribution in [0, 0.1) is 0 Å². The van der Waals surface area contributed by atoms with E-state index < -0.39 is 29.6 Å². The molecule has 38 heavy (non-hydrogen) atoms. The van der Waals surface area contributed by atoms with E-state index in [1.54, 1.807) is 6.92 Å². The zero-order chi connectivity index (χ0) is 27.9. The maximum Gasteiger partial charge on any atom is 0.416 e. The minimum Gasteiger partial charge on any atom is -0.507 e. The molecule has 2 atom stereocenters. The third-order valence-electron chi connectivity index (χ3n) is 5.89. The number of methoxy groups -OCH3 is 2. The van der Waals surface area contributed by atoms with Crippen LogP contribution in [0.5, 0.6) is 5.75 Å². The van der Waals surface area contributed by atoms with E-state index in [-0.39, 0.29) is 48.6 Å². The second-order valence-electron chi connectivity index (χ2n) is 8.54. The molecule has 2 aromatic rings. The number of hydrogen-bond acceptors (Lipinski definition) is 10. The van der Waals surface area contributed by atoms with E-state index in [1.807, 2.05) is 0 Å². The van der Waals surface area contributed by atoms with Gasteiger partial charge in [-0.2, -0.15) is 13.2 Å². The van der Waals surface area contributed by atoms with Gasteiger partial charge >= 0.3 is 18.2 Å². The van der Waals surface area contributed by atoms with E-state index in [2.05, 4.69) is 30.9 Å². The minimum absolute atomic E-state index is 0.0230. The highest BCUT2D eigenvalue weighted by Crippen LogP contribution is 2.39. The first-order valence-corrected chi connectivity index (χ1v) is 11.8. The lowest BCUT2D eigenvalue weighted by atomic mass is 9.98. The molecule has 4 N–H and O–H groups in total. The van der Waals surface area contributed by atoms with Crippen LogP contribution in [0.4, 0.5) is 23.8 Å². The SMILES string of the molecule is CCOC(=O)[C@@H]1CC[C@@H](Nc2nnc(-c3c(O)cc(C(F)(F)F)cc3COC)cc2CNC(=O)OC)CN1. The number of hydrogen-bond donors (Lipinski definition) is 4. The van der Waals surface area contributed by atoms with Crippen molar-refractivity contribution in [1.82, 2.24) is 20.8 Å². The second kappa shape index (κ2) is 12.7. The highest BCUT2D eigenvalue weighted by molar-refractivity contribution is 5.76. The number of halogens is 3. The molecule has 1 fully saturated rings. The Bertz CT molecular complexity index is 1140. The summed E-state index contributed by atoms with van der Waals surface area (Å²) in [7, 11) is 2.52. The van der Waals surface area contributed by atoms with E-state index in [0.717, 1.165) is 6.07 Å². The number of ether oxygens (including phenoxy) is 3. The number of carbonyl (C=O) groups excluding carboxylic acids is 2. The number of esters is 1. The Labute approximate surface area is 217 Å². The summed E-state index contributed by atoms with van der Waals surface area (Å²) in [4.78, 5) is 23.7. The molecule has 1 amide bonds. The summed E-state index contributed by atoms with van der Waals surface area (Å²) in [6.07, 6.45) is -4.24. The first-order chi connectivity index (χ1) is 18.1. The van der Waals surface area contributed by atoms with Crippen molar-refractivity contribution in [2.75, 3.05) is 32.7 Å². The van der Waals surface area contributed by atoms with E-state index in [0.29, 0.717) is 36.8 Å². The van der Waals surface area contributed by atoms with Crippen molar-refractivity contribution in [3.8, 4) is 17.0 Å². The number of phenols is 1. The van der Waals surface area contributed by atoms with Gasteiger partial charge in [0.15, 0.2) is 5.82 Å². The van der Waals surface area contributed by atoms with Crippen molar-refractivity contribution in [2.45, 2.75) is 51.2 Å². The fourth-order valence-electron chi connectivity index (χ4n) is 4.08. The Morgan fingerprint density at radius 3 is 2.53 bits per heavy atom. The van der Waals surface area contributed by atoms with Crippen molar-refractivity contribution in [2.24, 2.45) is 0 Å². The van der Waals surface area contributed by atoms with Crippen LogP contribution in [0.1, 0.15) is 36.5 Å². The molecule has 0 aliphatic carbocycles. The molecule has 1 aromatic carbocycles. The van der Waals surface area contributed by atoms with Gasteiger partial charge in [-0.05, 0) is 43.5 Å². The summed E-state index contributed by atoms with van der Waals surface area (Å²) >= 11 is 0. The Morgan fingerprint density at radius 2 is 1.92 bits per heavy atom. The number of piperidine rings is 1. The van der Waals surface area contributed by atoms with Crippen molar-refractivity contribution < 1.29 is 42.1 Å². The van der Waals surface area contributed by atoms with Gasteiger partial charge in [0.25, 0.3) is 0 Å². The van der Waals surface area contributed by atoms with Gasteiger partial charge in [0.2, 0.25) is 0 Å². The van der Waals surface area contributed by atoms with E-state index in [9.17, 15) is 27.9 Å². The number of benzene rings is 1. The topological polar surface area (TPSA) is 144 Å². The number of alkyl halides is 3. The summed E-state index contributed by atoms with van der Waals surface area (Å²) in [5.41, 5.74) is -0.427. The van der Waals surface area contributed by atoms with Crippen LogP contribution < -0.4 is 16.0 Å². The number of rotatable bonds is 9. The third kappa shape index (κ3) is 7.22. The molecule has 0 bridgehead atoms. The van der Waals surface area contributed by atoms with Gasteiger partial charge in [0.1, 0.15) is 11.8 Å². The molecular formula is C24H30F3N5O6. The Hall–Kier alpha value is -3.65. The van der Waals surface area contributed by atoms with Gasteiger partial charge in [-0.25, -0.2) is 4.79 Å². The summed E-state index contributed by atoms with van der Waals surface area (Å²) < 4.78 is 54.6. The van der Waals surface area contributed by atoms with E-state index in [4.69, 9.17) is 9.47 Å². The number of aromatic hydroxyl groups is 1. The van der Waals surface area contributed by atoms with Gasteiger partial charge in [-0.1, -0.05) is 0 Å². The molecular weight excluding hydrogens is 511 g/mol. The van der Waals surface area contributed by atoms with Gasteiger partial charge in [0, 0.05) is 37.4 Å². The van der Waals surface area contributed by atoms with E-state index >= 15 is 0 Å². The number of carbonyl (C=O) groups is 2. The molecule has 1 aliphatic heterocycles. The third-order valence-corrected chi connectivity index (χ3v) is 5.89. The van der Waals surface area contributed by atoms with Crippen LogP contribution in [-0.4, -0.2) is 66.8 Å². The van der Waals surface area contributed by atoms with Crippen LogP contribution in [-0.2, 0) is 38.3 Å². The lowest BCUT2D eigenvalue weighted by molar-refractivity contribution is -0.146. The molecule has 0 saturated carbocycles. The fraction of sp³-hybridized carbons (Fsp3) is 0.500. The first kappa shape index (κ1) is 28.9. The fourth-order valence-corrected chi connectivity index (χ4v) is 4.08. The molecule has 0 unspecified atom stereocenters. The maximum atomic E-state index is 13.3. The minimum atomic E-state index is -4.67. The molecule has 0 spiro atoms. The number of anilines is 1. The summed E-state index contributed by atoms with van der Waals surface area (Å²) in [5, 5.41) is 27.8. The van der Waals surface area contributed by atoms with Gasteiger partial charge in [-0.3, -0.25) is 4.79 Å². The molecule has 3 rings (SSSR count). The number of alkyl carbamates (subject to hydrolysis) is 1. The molecule has 1 aliphatic rings. The first-order valence-electron chi connectivity index (χ1n) is 11.8. The number of nitrogens with one attached hydrogen (secondary N) is 3. The zero-order valence-corrected chi connectivity index (χ0v) is 21.1. The maximum absolute atomic E-state index is 13.3.